The molecule has 0 saturated carbocycles. The third kappa shape index (κ3) is 3.11. The summed E-state index contributed by atoms with van der Waals surface area (Å²) in [6.07, 6.45) is 3.38. The lowest BCUT2D eigenvalue weighted by atomic mass is 10.3. The van der Waals surface area contributed by atoms with Crippen molar-refractivity contribution in [2.24, 2.45) is 0 Å². The summed E-state index contributed by atoms with van der Waals surface area (Å²) < 4.78 is 17.0. The van der Waals surface area contributed by atoms with Crippen LogP contribution in [-0.4, -0.2) is 29.9 Å². The number of anilines is 1. The van der Waals surface area contributed by atoms with E-state index in [1.54, 1.807) is 12.4 Å². The lowest BCUT2D eigenvalue weighted by Crippen LogP contribution is -2.13. The van der Waals surface area contributed by atoms with Crippen LogP contribution in [0.5, 0.6) is 17.2 Å². The molecule has 20 heavy (non-hydrogen) atoms. The highest BCUT2D eigenvalue weighted by Gasteiger charge is 2.13. The van der Waals surface area contributed by atoms with E-state index >= 15 is 0 Å². The van der Waals surface area contributed by atoms with Gasteiger partial charge in [-0.3, -0.25) is 0 Å². The zero-order valence-electron chi connectivity index (χ0n) is 10.5. The van der Waals surface area contributed by atoms with E-state index in [-0.39, 0.29) is 6.79 Å². The van der Waals surface area contributed by atoms with Crippen molar-refractivity contribution in [3.05, 3.63) is 35.1 Å². The molecule has 0 unspecified atom stereocenters. The van der Waals surface area contributed by atoms with Gasteiger partial charge in [-0.05, 0) is 28.1 Å². The number of benzene rings is 1. The number of halogens is 1. The highest BCUT2D eigenvalue weighted by Crippen LogP contribution is 2.34. The summed E-state index contributed by atoms with van der Waals surface area (Å²) in [5.74, 6) is 2.78. The van der Waals surface area contributed by atoms with E-state index in [1.165, 1.54) is 0 Å². The Morgan fingerprint density at radius 1 is 1.20 bits per heavy atom. The lowest BCUT2D eigenvalue weighted by molar-refractivity contribution is 0.174. The van der Waals surface area contributed by atoms with Gasteiger partial charge in [0, 0.05) is 18.5 Å². The molecule has 2 aromatic rings. The smallest absolute Gasteiger partial charge is 0.231 e. The zero-order chi connectivity index (χ0) is 13.8. The van der Waals surface area contributed by atoms with Gasteiger partial charge in [-0.2, -0.15) is 0 Å². The molecule has 0 radical (unpaired) electrons. The maximum atomic E-state index is 5.61. The van der Waals surface area contributed by atoms with Crippen molar-refractivity contribution in [2.75, 3.05) is 25.3 Å². The largest absolute Gasteiger partial charge is 0.492 e. The summed E-state index contributed by atoms with van der Waals surface area (Å²) in [5.41, 5.74) is 0. The normalized spacial score (nSPS) is 12.2. The summed E-state index contributed by atoms with van der Waals surface area (Å²) in [6, 6.07) is 5.50. The molecule has 1 aromatic carbocycles. The van der Waals surface area contributed by atoms with Crippen LogP contribution in [0.3, 0.4) is 0 Å². The van der Waals surface area contributed by atoms with Gasteiger partial charge in [0.15, 0.2) is 11.5 Å². The second-order valence-corrected chi connectivity index (χ2v) is 4.93. The Labute approximate surface area is 124 Å². The monoisotopic (exact) mass is 337 g/mol. The van der Waals surface area contributed by atoms with Crippen LogP contribution >= 0.6 is 15.9 Å². The van der Waals surface area contributed by atoms with E-state index in [0.29, 0.717) is 24.8 Å². The zero-order valence-corrected chi connectivity index (χ0v) is 12.1. The van der Waals surface area contributed by atoms with Crippen LogP contribution in [0.4, 0.5) is 5.95 Å². The second kappa shape index (κ2) is 5.96. The molecule has 6 nitrogen and oxygen atoms in total. The number of fused-ring (bicyclic) bond motifs is 1. The first kappa shape index (κ1) is 13.0. The second-order valence-electron chi connectivity index (χ2n) is 4.02. The number of nitrogens with zero attached hydrogens (tertiary/aromatic N) is 2. The van der Waals surface area contributed by atoms with Gasteiger partial charge in [0.05, 0.1) is 11.0 Å². The van der Waals surface area contributed by atoms with Crippen molar-refractivity contribution in [3.63, 3.8) is 0 Å². The van der Waals surface area contributed by atoms with E-state index in [9.17, 15) is 0 Å². The summed E-state index contributed by atoms with van der Waals surface area (Å²) in [4.78, 5) is 8.22. The standard InChI is InChI=1S/C13H12BrN3O3/c14-9-6-16-13(17-7-9)15-3-4-18-10-1-2-11-12(5-10)20-8-19-11/h1-2,5-7H,3-4,8H2,(H,15,16,17). The fourth-order valence-corrected chi connectivity index (χ4v) is 1.91. The average molecular weight is 338 g/mol. The number of aromatic nitrogens is 2. The van der Waals surface area contributed by atoms with Crippen molar-refractivity contribution < 1.29 is 14.2 Å². The topological polar surface area (TPSA) is 65.5 Å². The maximum absolute atomic E-state index is 5.61. The van der Waals surface area contributed by atoms with Crippen LogP contribution in [0.25, 0.3) is 0 Å². The van der Waals surface area contributed by atoms with E-state index < -0.39 is 0 Å². The highest BCUT2D eigenvalue weighted by atomic mass is 79.9. The Hall–Kier alpha value is -2.02. The third-order valence-electron chi connectivity index (χ3n) is 2.62. The quantitative estimate of drug-likeness (QED) is 0.845. The van der Waals surface area contributed by atoms with Gasteiger partial charge in [-0.1, -0.05) is 0 Å². The molecule has 1 aliphatic rings. The van der Waals surface area contributed by atoms with Crippen LogP contribution in [0.2, 0.25) is 0 Å². The summed E-state index contributed by atoms with van der Waals surface area (Å²) in [7, 11) is 0. The molecule has 0 bridgehead atoms. The Morgan fingerprint density at radius 2 is 2.00 bits per heavy atom. The Bertz CT molecular complexity index is 592. The van der Waals surface area contributed by atoms with E-state index in [0.717, 1.165) is 16.0 Å². The van der Waals surface area contributed by atoms with Gasteiger partial charge in [0.25, 0.3) is 0 Å². The third-order valence-corrected chi connectivity index (χ3v) is 3.03. The minimum atomic E-state index is 0.265. The van der Waals surface area contributed by atoms with Gasteiger partial charge in [0.1, 0.15) is 12.4 Å². The van der Waals surface area contributed by atoms with Crippen LogP contribution in [-0.2, 0) is 0 Å². The van der Waals surface area contributed by atoms with Gasteiger partial charge >= 0.3 is 0 Å². The number of hydrogen-bond acceptors (Lipinski definition) is 6. The fourth-order valence-electron chi connectivity index (χ4n) is 1.70. The Kier molecular flexibility index (Phi) is 3.87. The molecule has 3 rings (SSSR count). The molecule has 1 aromatic heterocycles. The molecule has 0 aliphatic carbocycles. The molecule has 7 heteroatoms. The van der Waals surface area contributed by atoms with Gasteiger partial charge in [-0.25, -0.2) is 9.97 Å². The van der Waals surface area contributed by atoms with Gasteiger partial charge < -0.3 is 19.5 Å². The molecule has 104 valence electrons. The minimum Gasteiger partial charge on any atom is -0.492 e. The molecule has 1 N–H and O–H groups in total. The van der Waals surface area contributed by atoms with Crippen LogP contribution in [0, 0.1) is 0 Å². The predicted molar refractivity (Wildman–Crippen MR) is 76.3 cm³/mol. The summed E-state index contributed by atoms with van der Waals surface area (Å²) in [5, 5.41) is 3.07. The first-order valence-corrected chi connectivity index (χ1v) is 6.84. The number of nitrogens with one attached hydrogen (secondary N) is 1. The van der Waals surface area contributed by atoms with Crippen molar-refractivity contribution in [2.45, 2.75) is 0 Å². The fraction of sp³-hybridized carbons (Fsp3) is 0.231. The number of ether oxygens (including phenoxy) is 3. The minimum absolute atomic E-state index is 0.265. The predicted octanol–water partition coefficient (Wildman–Crippen LogP) is 2.46. The van der Waals surface area contributed by atoms with Crippen LogP contribution in [0.1, 0.15) is 0 Å². The maximum Gasteiger partial charge on any atom is 0.231 e. The van der Waals surface area contributed by atoms with Crippen molar-refractivity contribution in [3.8, 4) is 17.2 Å². The highest BCUT2D eigenvalue weighted by molar-refractivity contribution is 9.10. The molecule has 2 heterocycles. The molecule has 1 aliphatic heterocycles. The van der Waals surface area contributed by atoms with Crippen molar-refractivity contribution >= 4 is 21.9 Å². The number of rotatable bonds is 5. The Morgan fingerprint density at radius 3 is 2.85 bits per heavy atom. The first-order chi connectivity index (χ1) is 9.81. The summed E-state index contributed by atoms with van der Waals surface area (Å²) in [6.45, 7) is 1.37. The molecule has 0 atom stereocenters. The molecular weight excluding hydrogens is 326 g/mol. The SMILES string of the molecule is Brc1cnc(NCCOc2ccc3c(c2)OCO3)nc1. The summed E-state index contributed by atoms with van der Waals surface area (Å²) >= 11 is 3.28. The molecule has 0 saturated heterocycles. The number of hydrogen-bond donors (Lipinski definition) is 1. The van der Waals surface area contributed by atoms with Crippen molar-refractivity contribution in [1.82, 2.24) is 9.97 Å². The molecule has 0 fully saturated rings. The van der Waals surface area contributed by atoms with Gasteiger partial charge in [0.2, 0.25) is 12.7 Å². The van der Waals surface area contributed by atoms with Crippen LogP contribution < -0.4 is 19.5 Å². The molecule has 0 spiro atoms. The first-order valence-electron chi connectivity index (χ1n) is 6.05. The molecule has 0 amide bonds. The Balaban J connectivity index is 1.47. The van der Waals surface area contributed by atoms with Crippen molar-refractivity contribution in [1.29, 1.82) is 0 Å². The lowest BCUT2D eigenvalue weighted by Gasteiger charge is -2.08. The average Bonchev–Trinajstić information content (AvgIpc) is 2.93. The van der Waals surface area contributed by atoms with E-state index in [4.69, 9.17) is 14.2 Å². The van der Waals surface area contributed by atoms with E-state index in [1.807, 2.05) is 18.2 Å². The van der Waals surface area contributed by atoms with E-state index in [2.05, 4.69) is 31.2 Å². The van der Waals surface area contributed by atoms with Gasteiger partial charge in [-0.15, -0.1) is 0 Å². The van der Waals surface area contributed by atoms with Crippen LogP contribution in [0.15, 0.2) is 35.1 Å². The molecular formula is C13H12BrN3O3.